The van der Waals surface area contributed by atoms with Gasteiger partial charge in [-0.3, -0.25) is 0 Å². The maximum absolute atomic E-state index is 6.07. The molecular weight excluding hydrogens is 234 g/mol. The van der Waals surface area contributed by atoms with E-state index in [1.165, 1.54) is 43.2 Å². The van der Waals surface area contributed by atoms with Crippen LogP contribution in [0.15, 0.2) is 24.3 Å². The normalized spacial score (nSPS) is 29.2. The van der Waals surface area contributed by atoms with E-state index in [0.717, 1.165) is 6.54 Å². The van der Waals surface area contributed by atoms with E-state index in [4.69, 9.17) is 4.74 Å². The number of fused-ring (bicyclic) bond motifs is 1. The minimum atomic E-state index is 0.0802. The van der Waals surface area contributed by atoms with Crippen LogP contribution in [0.1, 0.15) is 56.7 Å². The molecule has 104 valence electrons. The van der Waals surface area contributed by atoms with Crippen LogP contribution in [-0.2, 0) is 11.2 Å². The molecule has 2 nitrogen and oxygen atoms in total. The molecule has 0 bridgehead atoms. The third-order valence-corrected chi connectivity index (χ3v) is 4.52. The number of benzene rings is 1. The van der Waals surface area contributed by atoms with Crippen LogP contribution in [0, 0.1) is 0 Å². The molecule has 2 unspecified atom stereocenters. The van der Waals surface area contributed by atoms with Crippen molar-refractivity contribution in [1.82, 2.24) is 5.32 Å². The average molecular weight is 259 g/mol. The molecule has 1 N–H and O–H groups in total. The van der Waals surface area contributed by atoms with E-state index in [2.05, 4.69) is 43.4 Å². The highest BCUT2D eigenvalue weighted by Crippen LogP contribution is 2.32. The molecule has 0 amide bonds. The van der Waals surface area contributed by atoms with Crippen molar-refractivity contribution in [3.8, 4) is 0 Å². The Labute approximate surface area is 116 Å². The average Bonchev–Trinajstić information content (AvgIpc) is 2.76. The lowest BCUT2D eigenvalue weighted by Crippen LogP contribution is -2.33. The molecule has 1 aromatic carbocycles. The van der Waals surface area contributed by atoms with Crippen LogP contribution in [0.25, 0.3) is 0 Å². The van der Waals surface area contributed by atoms with Crippen LogP contribution in [0.4, 0.5) is 0 Å². The largest absolute Gasteiger partial charge is 0.371 e. The molecule has 1 aromatic rings. The number of hydrogen-bond acceptors (Lipinski definition) is 2. The number of aryl methyl sites for hydroxylation is 1. The van der Waals surface area contributed by atoms with Crippen molar-refractivity contribution in [2.75, 3.05) is 6.54 Å². The molecular formula is C17H25NO. The number of nitrogens with one attached hydrogen (secondary N) is 1. The second-order valence-electron chi connectivity index (χ2n) is 6.59. The molecule has 2 heteroatoms. The monoisotopic (exact) mass is 259 g/mol. The van der Waals surface area contributed by atoms with Crippen molar-refractivity contribution in [2.45, 2.75) is 63.7 Å². The number of rotatable bonds is 3. The summed E-state index contributed by atoms with van der Waals surface area (Å²) in [6.45, 7) is 5.38. The Morgan fingerprint density at radius 2 is 2.11 bits per heavy atom. The molecule has 0 aromatic heterocycles. The van der Waals surface area contributed by atoms with Crippen molar-refractivity contribution in [1.29, 1.82) is 0 Å². The van der Waals surface area contributed by atoms with Crippen molar-refractivity contribution in [3.05, 3.63) is 35.4 Å². The van der Waals surface area contributed by atoms with E-state index in [1.54, 1.807) is 0 Å². The second kappa shape index (κ2) is 5.26. The molecule has 1 heterocycles. The first kappa shape index (κ1) is 13.1. The minimum Gasteiger partial charge on any atom is -0.371 e. The Bertz CT molecular complexity index is 441. The summed E-state index contributed by atoms with van der Waals surface area (Å²) >= 11 is 0. The van der Waals surface area contributed by atoms with Gasteiger partial charge in [-0.15, -0.1) is 0 Å². The maximum atomic E-state index is 6.07. The van der Waals surface area contributed by atoms with Gasteiger partial charge in [0.05, 0.1) is 11.7 Å². The Morgan fingerprint density at radius 1 is 1.26 bits per heavy atom. The Kier molecular flexibility index (Phi) is 3.64. The van der Waals surface area contributed by atoms with E-state index in [1.807, 2.05) is 0 Å². The van der Waals surface area contributed by atoms with Gasteiger partial charge >= 0.3 is 0 Å². The topological polar surface area (TPSA) is 21.3 Å². The van der Waals surface area contributed by atoms with Crippen molar-refractivity contribution < 1.29 is 4.74 Å². The van der Waals surface area contributed by atoms with Crippen LogP contribution < -0.4 is 5.32 Å². The highest BCUT2D eigenvalue weighted by molar-refractivity contribution is 5.32. The first-order chi connectivity index (χ1) is 9.14. The fourth-order valence-electron chi connectivity index (χ4n) is 3.46. The van der Waals surface area contributed by atoms with Crippen molar-refractivity contribution >= 4 is 0 Å². The summed E-state index contributed by atoms with van der Waals surface area (Å²) in [5.74, 6) is 0. The molecule has 19 heavy (non-hydrogen) atoms. The van der Waals surface area contributed by atoms with Crippen LogP contribution in [0.5, 0.6) is 0 Å². The van der Waals surface area contributed by atoms with Crippen LogP contribution >= 0.6 is 0 Å². The minimum absolute atomic E-state index is 0.0802. The van der Waals surface area contributed by atoms with Gasteiger partial charge in [0.25, 0.3) is 0 Å². The first-order valence-electron chi connectivity index (χ1n) is 7.63. The van der Waals surface area contributed by atoms with E-state index in [9.17, 15) is 0 Å². The van der Waals surface area contributed by atoms with Gasteiger partial charge in [0, 0.05) is 12.6 Å². The second-order valence-corrected chi connectivity index (χ2v) is 6.59. The third-order valence-electron chi connectivity index (χ3n) is 4.52. The Hall–Kier alpha value is -0.860. The quantitative estimate of drug-likeness (QED) is 0.895. The summed E-state index contributed by atoms with van der Waals surface area (Å²) < 4.78 is 6.07. The first-order valence-corrected chi connectivity index (χ1v) is 7.63. The summed E-state index contributed by atoms with van der Waals surface area (Å²) in [6.07, 6.45) is 6.55. The molecule has 3 rings (SSSR count). The molecule has 0 saturated carbocycles. The molecule has 2 atom stereocenters. The summed E-state index contributed by atoms with van der Waals surface area (Å²) in [5.41, 5.74) is 3.11. The van der Waals surface area contributed by atoms with Crippen LogP contribution in [-0.4, -0.2) is 18.2 Å². The highest BCUT2D eigenvalue weighted by atomic mass is 16.5. The smallest absolute Gasteiger partial charge is 0.0708 e. The van der Waals surface area contributed by atoms with Gasteiger partial charge in [0.15, 0.2) is 0 Å². The Balaban J connectivity index is 1.60. The van der Waals surface area contributed by atoms with Crippen LogP contribution in [0.3, 0.4) is 0 Å². The fraction of sp³-hybridized carbons (Fsp3) is 0.647. The summed E-state index contributed by atoms with van der Waals surface area (Å²) in [6, 6.07) is 9.40. The van der Waals surface area contributed by atoms with Crippen molar-refractivity contribution in [2.24, 2.45) is 0 Å². The van der Waals surface area contributed by atoms with Gasteiger partial charge in [-0.05, 0) is 57.1 Å². The summed E-state index contributed by atoms with van der Waals surface area (Å²) in [7, 11) is 0. The zero-order valence-electron chi connectivity index (χ0n) is 12.1. The summed E-state index contributed by atoms with van der Waals surface area (Å²) in [5, 5.41) is 3.73. The molecule has 1 saturated heterocycles. The van der Waals surface area contributed by atoms with Gasteiger partial charge in [-0.2, -0.15) is 0 Å². The molecule has 0 radical (unpaired) electrons. The zero-order chi connectivity index (χ0) is 13.3. The maximum Gasteiger partial charge on any atom is 0.0708 e. The van der Waals surface area contributed by atoms with Crippen molar-refractivity contribution in [3.63, 3.8) is 0 Å². The van der Waals surface area contributed by atoms with Gasteiger partial charge in [0.1, 0.15) is 0 Å². The number of ether oxygens (including phenoxy) is 1. The van der Waals surface area contributed by atoms with Gasteiger partial charge in [-0.1, -0.05) is 24.3 Å². The molecule has 1 aliphatic heterocycles. The van der Waals surface area contributed by atoms with E-state index in [-0.39, 0.29) is 5.60 Å². The molecule has 2 aliphatic rings. The fourth-order valence-corrected chi connectivity index (χ4v) is 3.46. The van der Waals surface area contributed by atoms with E-state index in [0.29, 0.717) is 12.1 Å². The molecule has 1 fully saturated rings. The molecule has 1 aliphatic carbocycles. The third kappa shape index (κ3) is 3.01. The highest BCUT2D eigenvalue weighted by Gasteiger charge is 2.32. The van der Waals surface area contributed by atoms with E-state index >= 15 is 0 Å². The lowest BCUT2D eigenvalue weighted by atomic mass is 9.87. The predicted molar refractivity (Wildman–Crippen MR) is 78.3 cm³/mol. The van der Waals surface area contributed by atoms with Crippen LogP contribution in [0.2, 0.25) is 0 Å². The van der Waals surface area contributed by atoms with Gasteiger partial charge in [-0.25, -0.2) is 0 Å². The predicted octanol–water partition coefficient (Wildman–Crippen LogP) is 3.61. The van der Waals surface area contributed by atoms with Gasteiger partial charge < -0.3 is 10.1 Å². The van der Waals surface area contributed by atoms with Gasteiger partial charge in [0.2, 0.25) is 0 Å². The number of hydrogen-bond donors (Lipinski definition) is 1. The molecule has 0 spiro atoms. The van der Waals surface area contributed by atoms with E-state index < -0.39 is 0 Å². The standard InChI is InChI=1S/C17H25NO/c1-17(2)11-10-14(19-17)12-18-16-9-5-7-13-6-3-4-8-15(13)16/h3-4,6,8,14,16,18H,5,7,9-12H2,1-2H3. The lowest BCUT2D eigenvalue weighted by molar-refractivity contribution is -0.0153. The lowest BCUT2D eigenvalue weighted by Gasteiger charge is -2.28. The summed E-state index contributed by atoms with van der Waals surface area (Å²) in [4.78, 5) is 0. The zero-order valence-corrected chi connectivity index (χ0v) is 12.1. The Morgan fingerprint density at radius 3 is 2.89 bits per heavy atom. The SMILES string of the molecule is CC1(C)CCC(CNC2CCCc3ccccc32)O1.